The molecule has 1 rings (SSSR count). The molecule has 2 atom stereocenters. The molecule has 5 N–H and O–H groups in total. The quantitative estimate of drug-likeness (QED) is 0.629. The van der Waals surface area contributed by atoms with E-state index < -0.39 is 6.10 Å². The number of carbonyl (C=O) groups is 1. The molecule has 0 aliphatic carbocycles. The van der Waals surface area contributed by atoms with Gasteiger partial charge in [-0.05, 0) is 37.7 Å². The molecule has 1 amide bonds. The lowest BCUT2D eigenvalue weighted by atomic mass is 9.98. The van der Waals surface area contributed by atoms with E-state index in [-0.39, 0.29) is 11.9 Å². The van der Waals surface area contributed by atoms with Gasteiger partial charge in [0.15, 0.2) is 0 Å². The van der Waals surface area contributed by atoms with Gasteiger partial charge in [-0.1, -0.05) is 30.3 Å². The van der Waals surface area contributed by atoms with E-state index in [1.54, 1.807) is 0 Å². The molecule has 0 radical (unpaired) electrons. The minimum Gasteiger partial charge on any atom is -0.392 e. The first-order valence-electron chi connectivity index (χ1n) is 6.85. The summed E-state index contributed by atoms with van der Waals surface area (Å²) in [6.45, 7) is 0. The van der Waals surface area contributed by atoms with Crippen LogP contribution in [0.5, 0.6) is 0 Å². The number of carbonyl (C=O) groups excluding carboxylic acids is 1. The minimum atomic E-state index is -0.546. The Hall–Kier alpha value is -1.39. The molecule has 4 nitrogen and oxygen atoms in total. The zero-order valence-corrected chi connectivity index (χ0v) is 11.3. The highest BCUT2D eigenvalue weighted by atomic mass is 16.3. The Labute approximate surface area is 114 Å². The largest absolute Gasteiger partial charge is 0.392 e. The molecule has 0 unspecified atom stereocenters. The van der Waals surface area contributed by atoms with Crippen molar-refractivity contribution in [1.82, 2.24) is 0 Å². The van der Waals surface area contributed by atoms with Gasteiger partial charge in [-0.25, -0.2) is 0 Å². The van der Waals surface area contributed by atoms with E-state index in [4.69, 9.17) is 11.5 Å². The van der Waals surface area contributed by atoms with Crippen LogP contribution in [0.2, 0.25) is 0 Å². The standard InChI is InChI=1S/C15H24N2O2/c16-13(14(18)10-5-11-15(17)19)9-4-8-12-6-2-1-3-7-12/h1-3,6-7,13-14,18H,4-5,8-11,16H2,(H2,17,19)/t13-,14-/m0/s1. The predicted molar refractivity (Wildman–Crippen MR) is 76.4 cm³/mol. The van der Waals surface area contributed by atoms with Crippen molar-refractivity contribution >= 4 is 5.91 Å². The van der Waals surface area contributed by atoms with E-state index in [1.807, 2.05) is 18.2 Å². The van der Waals surface area contributed by atoms with Crippen molar-refractivity contribution in [2.24, 2.45) is 11.5 Å². The van der Waals surface area contributed by atoms with Crippen molar-refractivity contribution < 1.29 is 9.90 Å². The smallest absolute Gasteiger partial charge is 0.217 e. The number of amides is 1. The van der Waals surface area contributed by atoms with Crippen molar-refractivity contribution in [2.75, 3.05) is 0 Å². The minimum absolute atomic E-state index is 0.225. The first-order valence-corrected chi connectivity index (χ1v) is 6.85. The summed E-state index contributed by atoms with van der Waals surface area (Å²) in [6, 6.07) is 10.0. The van der Waals surface area contributed by atoms with Gasteiger partial charge < -0.3 is 16.6 Å². The fourth-order valence-electron chi connectivity index (χ4n) is 2.08. The van der Waals surface area contributed by atoms with Gasteiger partial charge in [-0.15, -0.1) is 0 Å². The number of rotatable bonds is 9. The molecule has 1 aromatic rings. The van der Waals surface area contributed by atoms with Crippen molar-refractivity contribution in [1.29, 1.82) is 0 Å². The first kappa shape index (κ1) is 15.7. The molecule has 0 bridgehead atoms. The number of hydrogen-bond donors (Lipinski definition) is 3. The lowest BCUT2D eigenvalue weighted by Crippen LogP contribution is -2.34. The van der Waals surface area contributed by atoms with Crippen LogP contribution in [0.15, 0.2) is 30.3 Å². The van der Waals surface area contributed by atoms with E-state index >= 15 is 0 Å². The molecule has 0 aliphatic heterocycles. The Morgan fingerprint density at radius 2 is 1.84 bits per heavy atom. The predicted octanol–water partition coefficient (Wildman–Crippen LogP) is 1.35. The monoisotopic (exact) mass is 264 g/mol. The summed E-state index contributed by atoms with van der Waals surface area (Å²) in [4.78, 5) is 10.6. The number of primary amides is 1. The number of aliphatic hydroxyl groups excluding tert-OH is 1. The summed E-state index contributed by atoms with van der Waals surface area (Å²) in [6.07, 6.45) is 3.62. The second-order valence-electron chi connectivity index (χ2n) is 4.97. The van der Waals surface area contributed by atoms with Gasteiger partial charge in [0.2, 0.25) is 5.91 Å². The zero-order chi connectivity index (χ0) is 14.1. The third-order valence-corrected chi connectivity index (χ3v) is 3.26. The molecular formula is C15H24N2O2. The van der Waals surface area contributed by atoms with E-state index in [9.17, 15) is 9.90 Å². The van der Waals surface area contributed by atoms with Gasteiger partial charge in [0.05, 0.1) is 6.10 Å². The molecule has 1 aromatic carbocycles. The molecular weight excluding hydrogens is 240 g/mol. The molecule has 106 valence electrons. The lowest BCUT2D eigenvalue weighted by molar-refractivity contribution is -0.118. The van der Waals surface area contributed by atoms with Crippen molar-refractivity contribution in [2.45, 2.75) is 50.7 Å². The first-order chi connectivity index (χ1) is 9.09. The molecule has 4 heteroatoms. The molecule has 0 aromatic heterocycles. The Kier molecular flexibility index (Phi) is 7.15. The van der Waals surface area contributed by atoms with E-state index in [0.29, 0.717) is 19.3 Å². The molecule has 0 saturated heterocycles. The maximum Gasteiger partial charge on any atom is 0.217 e. The lowest BCUT2D eigenvalue weighted by Gasteiger charge is -2.18. The Balaban J connectivity index is 2.16. The van der Waals surface area contributed by atoms with Crippen LogP contribution in [0.3, 0.4) is 0 Å². The maximum absolute atomic E-state index is 10.6. The van der Waals surface area contributed by atoms with E-state index in [0.717, 1.165) is 19.3 Å². The van der Waals surface area contributed by atoms with Crippen LogP contribution in [0.1, 0.15) is 37.7 Å². The average molecular weight is 264 g/mol. The summed E-state index contributed by atoms with van der Waals surface area (Å²) in [5, 5.41) is 9.85. The highest BCUT2D eigenvalue weighted by Gasteiger charge is 2.14. The molecule has 0 spiro atoms. The Morgan fingerprint density at radius 1 is 1.16 bits per heavy atom. The molecule has 0 saturated carbocycles. The summed E-state index contributed by atoms with van der Waals surface area (Å²) in [5.41, 5.74) is 12.3. The van der Waals surface area contributed by atoms with Gasteiger partial charge in [-0.3, -0.25) is 4.79 Å². The van der Waals surface area contributed by atoms with Crippen LogP contribution in [0.4, 0.5) is 0 Å². The van der Waals surface area contributed by atoms with Crippen molar-refractivity contribution in [3.8, 4) is 0 Å². The van der Waals surface area contributed by atoms with Crippen LogP contribution < -0.4 is 11.5 Å². The zero-order valence-electron chi connectivity index (χ0n) is 11.3. The summed E-state index contributed by atoms with van der Waals surface area (Å²) in [7, 11) is 0. The fraction of sp³-hybridized carbons (Fsp3) is 0.533. The van der Waals surface area contributed by atoms with Gasteiger partial charge in [0, 0.05) is 12.5 Å². The highest BCUT2D eigenvalue weighted by molar-refractivity contribution is 5.73. The Morgan fingerprint density at radius 3 is 2.47 bits per heavy atom. The fourth-order valence-corrected chi connectivity index (χ4v) is 2.08. The number of benzene rings is 1. The summed E-state index contributed by atoms with van der Waals surface area (Å²) in [5.74, 6) is -0.329. The topological polar surface area (TPSA) is 89.3 Å². The molecule has 19 heavy (non-hydrogen) atoms. The van der Waals surface area contributed by atoms with Gasteiger partial charge in [0.25, 0.3) is 0 Å². The van der Waals surface area contributed by atoms with E-state index in [2.05, 4.69) is 12.1 Å². The van der Waals surface area contributed by atoms with Crippen molar-refractivity contribution in [3.05, 3.63) is 35.9 Å². The summed E-state index contributed by atoms with van der Waals surface area (Å²) >= 11 is 0. The number of nitrogens with two attached hydrogens (primary N) is 2. The number of hydrogen-bond acceptors (Lipinski definition) is 3. The Bertz CT molecular complexity index is 368. The third-order valence-electron chi connectivity index (χ3n) is 3.26. The van der Waals surface area contributed by atoms with Gasteiger partial charge in [-0.2, -0.15) is 0 Å². The maximum atomic E-state index is 10.6. The highest BCUT2D eigenvalue weighted by Crippen LogP contribution is 2.10. The second-order valence-corrected chi connectivity index (χ2v) is 4.97. The second kappa shape index (κ2) is 8.67. The van der Waals surface area contributed by atoms with Crippen molar-refractivity contribution in [3.63, 3.8) is 0 Å². The van der Waals surface area contributed by atoms with Crippen LogP contribution in [-0.4, -0.2) is 23.2 Å². The molecule has 0 heterocycles. The summed E-state index contributed by atoms with van der Waals surface area (Å²) < 4.78 is 0. The van der Waals surface area contributed by atoms with Crippen LogP contribution in [0, 0.1) is 0 Å². The van der Waals surface area contributed by atoms with Gasteiger partial charge >= 0.3 is 0 Å². The third kappa shape index (κ3) is 6.94. The SMILES string of the molecule is NC(=O)CCC[C@H](O)[C@@H](N)CCCc1ccccc1. The number of aliphatic hydroxyl groups is 1. The molecule has 0 aliphatic rings. The number of aryl methyl sites for hydroxylation is 1. The van der Waals surface area contributed by atoms with Crippen LogP contribution in [-0.2, 0) is 11.2 Å². The van der Waals surface area contributed by atoms with Gasteiger partial charge in [0.1, 0.15) is 0 Å². The molecule has 0 fully saturated rings. The van der Waals surface area contributed by atoms with Crippen LogP contribution >= 0.6 is 0 Å². The van der Waals surface area contributed by atoms with E-state index in [1.165, 1.54) is 5.56 Å². The normalized spacial score (nSPS) is 14.0. The average Bonchev–Trinajstić information content (AvgIpc) is 2.39. The van der Waals surface area contributed by atoms with Crippen LogP contribution in [0.25, 0.3) is 0 Å².